The Morgan fingerprint density at radius 3 is 1.43 bits per heavy atom. The molecule has 0 spiro atoms. The summed E-state index contributed by atoms with van der Waals surface area (Å²) >= 11 is 0. The van der Waals surface area contributed by atoms with Gasteiger partial charge in [-0.05, 0) is 42.0 Å². The Hall–Kier alpha value is -2.58. The molecule has 3 aromatic rings. The van der Waals surface area contributed by atoms with Crippen molar-refractivity contribution in [1.29, 1.82) is 0 Å². The summed E-state index contributed by atoms with van der Waals surface area (Å²) in [5.41, 5.74) is 10.2. The standard InChI is InChI=1S/C19H18N2/c20-15-16-11-13-19(14-12-16)21(17-7-3-1-4-8-17)18-9-5-2-6-10-18/h1-14H,15,20H2. The summed E-state index contributed by atoms with van der Waals surface area (Å²) in [5.74, 6) is 0. The van der Waals surface area contributed by atoms with Gasteiger partial charge in [0.15, 0.2) is 0 Å². The molecule has 0 aliphatic heterocycles. The molecule has 2 nitrogen and oxygen atoms in total. The van der Waals surface area contributed by atoms with Crippen LogP contribution in [0, 0.1) is 0 Å². The summed E-state index contributed by atoms with van der Waals surface area (Å²) in [6.07, 6.45) is 0. The van der Waals surface area contributed by atoms with Crippen molar-refractivity contribution >= 4 is 17.1 Å². The Morgan fingerprint density at radius 2 is 1.00 bits per heavy atom. The molecule has 0 fully saturated rings. The zero-order valence-electron chi connectivity index (χ0n) is 11.8. The van der Waals surface area contributed by atoms with Gasteiger partial charge in [0.05, 0.1) is 0 Å². The van der Waals surface area contributed by atoms with Crippen molar-refractivity contribution in [2.75, 3.05) is 4.90 Å². The molecule has 0 heterocycles. The van der Waals surface area contributed by atoms with Gasteiger partial charge in [0, 0.05) is 23.6 Å². The van der Waals surface area contributed by atoms with Crippen LogP contribution >= 0.6 is 0 Å². The normalized spacial score (nSPS) is 10.3. The zero-order valence-corrected chi connectivity index (χ0v) is 11.8. The summed E-state index contributed by atoms with van der Waals surface area (Å²) in [4.78, 5) is 2.24. The molecule has 2 heteroatoms. The highest BCUT2D eigenvalue weighted by Crippen LogP contribution is 2.33. The molecule has 0 aromatic heterocycles. The molecule has 3 rings (SSSR count). The van der Waals surface area contributed by atoms with Gasteiger partial charge in [-0.2, -0.15) is 0 Å². The van der Waals surface area contributed by atoms with E-state index in [-0.39, 0.29) is 0 Å². The van der Waals surface area contributed by atoms with Crippen LogP contribution in [0.4, 0.5) is 17.1 Å². The minimum Gasteiger partial charge on any atom is -0.326 e. The summed E-state index contributed by atoms with van der Waals surface area (Å²) in [5, 5.41) is 0. The second kappa shape index (κ2) is 6.25. The predicted octanol–water partition coefficient (Wildman–Crippen LogP) is 4.62. The first-order chi connectivity index (χ1) is 10.4. The number of nitrogens with two attached hydrogens (primary N) is 1. The van der Waals surface area contributed by atoms with E-state index in [1.807, 2.05) is 12.1 Å². The van der Waals surface area contributed by atoms with Crippen molar-refractivity contribution in [3.63, 3.8) is 0 Å². The molecule has 0 atom stereocenters. The van der Waals surface area contributed by atoms with Crippen molar-refractivity contribution in [3.05, 3.63) is 90.5 Å². The molecule has 0 saturated heterocycles. The van der Waals surface area contributed by atoms with Crippen LogP contribution in [0.25, 0.3) is 0 Å². The van der Waals surface area contributed by atoms with Gasteiger partial charge in [0.1, 0.15) is 0 Å². The number of anilines is 3. The average molecular weight is 274 g/mol. The number of para-hydroxylation sites is 2. The van der Waals surface area contributed by atoms with Gasteiger partial charge < -0.3 is 10.6 Å². The molecule has 2 N–H and O–H groups in total. The maximum absolute atomic E-state index is 5.68. The Kier molecular flexibility index (Phi) is 3.99. The van der Waals surface area contributed by atoms with Crippen LogP contribution in [-0.2, 0) is 6.54 Å². The Labute approximate surface area is 125 Å². The first-order valence-corrected chi connectivity index (χ1v) is 7.08. The van der Waals surface area contributed by atoms with Gasteiger partial charge >= 0.3 is 0 Å². The SMILES string of the molecule is NCc1ccc(N(c2ccccc2)c2ccccc2)cc1. The fraction of sp³-hybridized carbons (Fsp3) is 0.0526. The average Bonchev–Trinajstić information content (AvgIpc) is 2.58. The van der Waals surface area contributed by atoms with E-state index < -0.39 is 0 Å². The maximum atomic E-state index is 5.68. The molecule has 0 unspecified atom stereocenters. The van der Waals surface area contributed by atoms with Gasteiger partial charge in [0.25, 0.3) is 0 Å². The molecule has 104 valence electrons. The fourth-order valence-electron chi connectivity index (χ4n) is 2.38. The van der Waals surface area contributed by atoms with Crippen LogP contribution in [-0.4, -0.2) is 0 Å². The van der Waals surface area contributed by atoms with Crippen molar-refractivity contribution in [2.45, 2.75) is 6.54 Å². The quantitative estimate of drug-likeness (QED) is 0.752. The third-order valence-electron chi connectivity index (χ3n) is 3.46. The smallest absolute Gasteiger partial charge is 0.0461 e. The second-order valence-corrected chi connectivity index (χ2v) is 4.88. The predicted molar refractivity (Wildman–Crippen MR) is 89.0 cm³/mol. The van der Waals surface area contributed by atoms with Crippen molar-refractivity contribution in [3.8, 4) is 0 Å². The van der Waals surface area contributed by atoms with Gasteiger partial charge in [-0.25, -0.2) is 0 Å². The molecule has 0 amide bonds. The van der Waals surface area contributed by atoms with Crippen LogP contribution in [0.15, 0.2) is 84.9 Å². The fourth-order valence-corrected chi connectivity index (χ4v) is 2.38. The van der Waals surface area contributed by atoms with E-state index >= 15 is 0 Å². The number of nitrogens with zero attached hydrogens (tertiary/aromatic N) is 1. The van der Waals surface area contributed by atoms with E-state index in [4.69, 9.17) is 5.73 Å². The number of benzene rings is 3. The molecular formula is C19H18N2. The molecule has 0 saturated carbocycles. The largest absolute Gasteiger partial charge is 0.326 e. The summed E-state index contributed by atoms with van der Waals surface area (Å²) in [6, 6.07) is 29.1. The molecule has 0 aliphatic rings. The van der Waals surface area contributed by atoms with Gasteiger partial charge in [-0.15, -0.1) is 0 Å². The van der Waals surface area contributed by atoms with E-state index in [1.165, 1.54) is 0 Å². The lowest BCUT2D eigenvalue weighted by molar-refractivity contribution is 1.07. The monoisotopic (exact) mass is 274 g/mol. The molecule has 0 bridgehead atoms. The summed E-state index contributed by atoms with van der Waals surface area (Å²) in [6.45, 7) is 0.566. The first kappa shape index (κ1) is 13.4. The van der Waals surface area contributed by atoms with Crippen LogP contribution in [0.2, 0.25) is 0 Å². The van der Waals surface area contributed by atoms with E-state index in [2.05, 4.69) is 77.7 Å². The number of hydrogen-bond donors (Lipinski definition) is 1. The number of hydrogen-bond acceptors (Lipinski definition) is 2. The van der Waals surface area contributed by atoms with E-state index in [0.29, 0.717) is 6.54 Å². The van der Waals surface area contributed by atoms with Gasteiger partial charge in [-0.3, -0.25) is 0 Å². The summed E-state index contributed by atoms with van der Waals surface area (Å²) in [7, 11) is 0. The van der Waals surface area contributed by atoms with Crippen LogP contribution < -0.4 is 10.6 Å². The van der Waals surface area contributed by atoms with Crippen LogP contribution in [0.3, 0.4) is 0 Å². The maximum Gasteiger partial charge on any atom is 0.0461 e. The van der Waals surface area contributed by atoms with Crippen molar-refractivity contribution in [1.82, 2.24) is 0 Å². The van der Waals surface area contributed by atoms with Crippen LogP contribution in [0.1, 0.15) is 5.56 Å². The third kappa shape index (κ3) is 2.96. The Morgan fingerprint density at radius 1 is 0.571 bits per heavy atom. The minimum atomic E-state index is 0.566. The van der Waals surface area contributed by atoms with E-state index in [9.17, 15) is 0 Å². The number of rotatable bonds is 4. The van der Waals surface area contributed by atoms with E-state index in [1.54, 1.807) is 0 Å². The van der Waals surface area contributed by atoms with Gasteiger partial charge in [-0.1, -0.05) is 48.5 Å². The van der Waals surface area contributed by atoms with Gasteiger partial charge in [0.2, 0.25) is 0 Å². The highest BCUT2D eigenvalue weighted by atomic mass is 15.1. The highest BCUT2D eigenvalue weighted by Gasteiger charge is 2.11. The highest BCUT2D eigenvalue weighted by molar-refractivity contribution is 5.76. The molecule has 0 aliphatic carbocycles. The zero-order chi connectivity index (χ0) is 14.5. The summed E-state index contributed by atoms with van der Waals surface area (Å²) < 4.78 is 0. The lowest BCUT2D eigenvalue weighted by atomic mass is 10.1. The molecule has 3 aromatic carbocycles. The Balaban J connectivity index is 2.07. The molecular weight excluding hydrogens is 256 g/mol. The van der Waals surface area contributed by atoms with E-state index in [0.717, 1.165) is 22.6 Å². The Bertz CT molecular complexity index is 636. The molecule has 21 heavy (non-hydrogen) atoms. The van der Waals surface area contributed by atoms with Crippen LogP contribution in [0.5, 0.6) is 0 Å². The molecule has 0 radical (unpaired) electrons. The van der Waals surface area contributed by atoms with Crippen molar-refractivity contribution < 1.29 is 0 Å². The second-order valence-electron chi connectivity index (χ2n) is 4.88. The third-order valence-corrected chi connectivity index (χ3v) is 3.46. The minimum absolute atomic E-state index is 0.566. The topological polar surface area (TPSA) is 29.3 Å². The first-order valence-electron chi connectivity index (χ1n) is 7.08. The van der Waals surface area contributed by atoms with Crippen molar-refractivity contribution in [2.24, 2.45) is 5.73 Å². The lowest BCUT2D eigenvalue weighted by Gasteiger charge is -2.25. The lowest BCUT2D eigenvalue weighted by Crippen LogP contribution is -2.09.